The summed E-state index contributed by atoms with van der Waals surface area (Å²) in [7, 11) is -4.28. The van der Waals surface area contributed by atoms with Crippen LogP contribution < -0.4 is 4.83 Å². The molecule has 0 fully saturated rings. The number of nitro benzene ring substituents is 2. The van der Waals surface area contributed by atoms with Crippen LogP contribution >= 0.6 is 0 Å². The third-order valence-electron chi connectivity index (χ3n) is 4.87. The lowest BCUT2D eigenvalue weighted by Gasteiger charge is -2.06. The van der Waals surface area contributed by atoms with Crippen molar-refractivity contribution in [3.63, 3.8) is 0 Å². The van der Waals surface area contributed by atoms with E-state index in [1.807, 2.05) is 66.4 Å². The Hall–Kier alpha value is -4.38. The lowest BCUT2D eigenvalue weighted by atomic mass is 10.0. The van der Waals surface area contributed by atoms with Gasteiger partial charge in [0.15, 0.2) is 0 Å². The Kier molecular flexibility index (Phi) is 7.17. The van der Waals surface area contributed by atoms with Crippen molar-refractivity contribution in [1.82, 2.24) is 4.83 Å². The number of benzene rings is 3. The van der Waals surface area contributed by atoms with E-state index in [4.69, 9.17) is 0 Å². The molecule has 0 unspecified atom stereocenters. The molecule has 174 valence electrons. The standard InChI is InChI=1S/C23H20N4O6S/c1-16(18-8-10-20(11-9-18)19-6-4-3-5-7-19)14-17(2)24-25-34(32,33)21-12-13-22(26(28)29)23(15-21)27(30)31/h3-15,25H,1-2H3/b16-14+,24-17+. The van der Waals surface area contributed by atoms with E-state index in [-0.39, 0.29) is 0 Å². The number of nitro groups is 2. The van der Waals surface area contributed by atoms with E-state index < -0.39 is 36.1 Å². The second-order valence-corrected chi connectivity index (χ2v) is 8.94. The van der Waals surface area contributed by atoms with E-state index in [0.717, 1.165) is 34.4 Å². The largest absolute Gasteiger partial charge is 0.347 e. The molecule has 0 radical (unpaired) electrons. The quantitative estimate of drug-likeness (QED) is 0.275. The van der Waals surface area contributed by atoms with Crippen LogP contribution in [0.2, 0.25) is 0 Å². The zero-order valence-corrected chi connectivity index (χ0v) is 19.0. The van der Waals surface area contributed by atoms with E-state index >= 15 is 0 Å². The first-order chi connectivity index (χ1) is 16.1. The predicted molar refractivity (Wildman–Crippen MR) is 129 cm³/mol. The molecule has 0 saturated carbocycles. The van der Waals surface area contributed by atoms with Crippen LogP contribution in [-0.2, 0) is 10.0 Å². The third-order valence-corrected chi connectivity index (χ3v) is 6.07. The van der Waals surface area contributed by atoms with Gasteiger partial charge in [-0.15, -0.1) is 0 Å². The Balaban J connectivity index is 1.78. The molecule has 1 N–H and O–H groups in total. The van der Waals surface area contributed by atoms with Gasteiger partial charge in [0.05, 0.1) is 20.5 Å². The van der Waals surface area contributed by atoms with Crippen molar-refractivity contribution in [3.8, 4) is 11.1 Å². The molecule has 0 saturated heterocycles. The van der Waals surface area contributed by atoms with Crippen LogP contribution in [0.5, 0.6) is 0 Å². The van der Waals surface area contributed by atoms with E-state index in [2.05, 4.69) is 5.10 Å². The molecule has 0 bridgehead atoms. The number of sulfonamides is 1. The molecule has 3 aromatic carbocycles. The first kappa shape index (κ1) is 24.3. The Bertz CT molecular complexity index is 1400. The minimum absolute atomic E-state index is 0.338. The number of hydrogen-bond donors (Lipinski definition) is 1. The zero-order valence-electron chi connectivity index (χ0n) is 18.2. The van der Waals surface area contributed by atoms with E-state index in [0.29, 0.717) is 11.8 Å². The molecule has 0 aromatic heterocycles. The van der Waals surface area contributed by atoms with Crippen LogP contribution in [0.1, 0.15) is 19.4 Å². The van der Waals surface area contributed by atoms with Crippen molar-refractivity contribution in [2.75, 3.05) is 0 Å². The smallest absolute Gasteiger partial charge is 0.258 e. The Morgan fingerprint density at radius 2 is 1.44 bits per heavy atom. The van der Waals surface area contributed by atoms with Crippen LogP contribution in [0.25, 0.3) is 16.7 Å². The molecule has 3 aromatic rings. The summed E-state index contributed by atoms with van der Waals surface area (Å²) in [6.07, 6.45) is 1.68. The van der Waals surface area contributed by atoms with E-state index in [1.165, 1.54) is 0 Å². The van der Waals surface area contributed by atoms with Gasteiger partial charge in [0.1, 0.15) is 0 Å². The number of hydrogen-bond acceptors (Lipinski definition) is 7. The molecule has 0 aliphatic rings. The topological polar surface area (TPSA) is 145 Å². The maximum Gasteiger partial charge on any atom is 0.347 e. The maximum absolute atomic E-state index is 12.5. The van der Waals surface area contributed by atoms with Crippen molar-refractivity contribution >= 4 is 32.7 Å². The fourth-order valence-corrected chi connectivity index (χ4v) is 4.02. The molecular formula is C23H20N4O6S. The van der Waals surface area contributed by atoms with Gasteiger partial charge >= 0.3 is 11.4 Å². The summed E-state index contributed by atoms with van der Waals surface area (Å²) in [6.45, 7) is 3.44. The SMILES string of the molecule is C/C(=C\C(C)=N\NS(=O)(=O)c1ccc([N+](=O)[O-])c([N+](=O)[O-])c1)c1ccc(-c2ccccc2)cc1. The van der Waals surface area contributed by atoms with Gasteiger partial charge in [-0.25, -0.2) is 0 Å². The molecule has 0 heterocycles. The fourth-order valence-electron chi connectivity index (χ4n) is 3.14. The molecule has 3 rings (SSSR count). The minimum Gasteiger partial charge on any atom is -0.258 e. The lowest BCUT2D eigenvalue weighted by molar-refractivity contribution is -0.422. The van der Waals surface area contributed by atoms with Crippen LogP contribution in [0.3, 0.4) is 0 Å². The summed E-state index contributed by atoms with van der Waals surface area (Å²) in [5.74, 6) is 0. The van der Waals surface area contributed by atoms with Gasteiger partial charge < -0.3 is 0 Å². The number of nitrogens with one attached hydrogen (secondary N) is 1. The summed E-state index contributed by atoms with van der Waals surface area (Å²) >= 11 is 0. The van der Waals surface area contributed by atoms with Gasteiger partial charge in [0.25, 0.3) is 10.0 Å². The summed E-state index contributed by atoms with van der Waals surface area (Å²) in [5.41, 5.74) is 2.52. The average molecular weight is 481 g/mol. The molecule has 34 heavy (non-hydrogen) atoms. The van der Waals surface area contributed by atoms with Crippen molar-refractivity contribution in [1.29, 1.82) is 0 Å². The molecule has 10 nitrogen and oxygen atoms in total. The number of nitrogens with zero attached hydrogens (tertiary/aromatic N) is 3. The van der Waals surface area contributed by atoms with Crippen LogP contribution in [-0.4, -0.2) is 24.0 Å². The van der Waals surface area contributed by atoms with Gasteiger partial charge in [0.2, 0.25) is 0 Å². The summed E-state index contributed by atoms with van der Waals surface area (Å²) < 4.78 is 25.0. The molecule has 11 heteroatoms. The number of hydrazone groups is 1. The predicted octanol–water partition coefficient (Wildman–Crippen LogP) is 4.93. The van der Waals surface area contributed by atoms with Crippen LogP contribution in [0.4, 0.5) is 11.4 Å². The first-order valence-corrected chi connectivity index (χ1v) is 11.4. The van der Waals surface area contributed by atoms with Gasteiger partial charge in [-0.2, -0.15) is 18.4 Å². The maximum atomic E-state index is 12.5. The lowest BCUT2D eigenvalue weighted by Crippen LogP contribution is -2.19. The van der Waals surface area contributed by atoms with Crippen molar-refractivity contribution in [2.24, 2.45) is 5.10 Å². The molecule has 0 amide bonds. The van der Waals surface area contributed by atoms with Gasteiger partial charge in [-0.05, 0) is 48.3 Å². The van der Waals surface area contributed by atoms with Gasteiger partial charge in [-0.1, -0.05) is 54.6 Å². The molecule has 0 aliphatic carbocycles. The van der Waals surface area contributed by atoms with E-state index in [9.17, 15) is 28.6 Å². The highest BCUT2D eigenvalue weighted by Crippen LogP contribution is 2.29. The van der Waals surface area contributed by atoms with Crippen molar-refractivity contribution < 1.29 is 18.3 Å². The summed E-state index contributed by atoms with van der Waals surface area (Å²) in [6, 6.07) is 20.1. The molecule has 0 atom stereocenters. The summed E-state index contributed by atoms with van der Waals surface area (Å²) in [5, 5.41) is 25.8. The second kappa shape index (κ2) is 10.0. The molecule has 0 aliphatic heterocycles. The third kappa shape index (κ3) is 5.70. The fraction of sp³-hybridized carbons (Fsp3) is 0.0870. The summed E-state index contributed by atoms with van der Waals surface area (Å²) in [4.78, 5) is 21.5. The van der Waals surface area contributed by atoms with E-state index in [1.54, 1.807) is 13.0 Å². The van der Waals surface area contributed by atoms with Crippen molar-refractivity contribution in [2.45, 2.75) is 18.7 Å². The number of rotatable bonds is 8. The van der Waals surface area contributed by atoms with Crippen LogP contribution in [0.15, 0.2) is 88.9 Å². The average Bonchev–Trinajstić information content (AvgIpc) is 2.83. The first-order valence-electron chi connectivity index (χ1n) is 9.91. The Labute approximate surface area is 195 Å². The number of allylic oxidation sites excluding steroid dienone is 2. The zero-order chi connectivity index (χ0) is 24.9. The molecule has 0 spiro atoms. The highest BCUT2D eigenvalue weighted by Gasteiger charge is 2.27. The monoisotopic (exact) mass is 480 g/mol. The normalized spacial score (nSPS) is 12.3. The highest BCUT2D eigenvalue weighted by atomic mass is 32.2. The van der Waals surface area contributed by atoms with Crippen LogP contribution in [0, 0.1) is 20.2 Å². The second-order valence-electron chi connectivity index (χ2n) is 7.28. The minimum atomic E-state index is -4.28. The Morgan fingerprint density at radius 1 is 0.853 bits per heavy atom. The molecular weight excluding hydrogens is 460 g/mol. The Morgan fingerprint density at radius 3 is 2.03 bits per heavy atom. The highest BCUT2D eigenvalue weighted by molar-refractivity contribution is 7.89. The van der Waals surface area contributed by atoms with Crippen molar-refractivity contribution in [3.05, 3.63) is 105 Å². The van der Waals surface area contributed by atoms with Gasteiger partial charge in [-0.3, -0.25) is 20.2 Å². The van der Waals surface area contributed by atoms with Gasteiger partial charge in [0, 0.05) is 12.1 Å².